The van der Waals surface area contributed by atoms with Gasteiger partial charge >= 0.3 is 0 Å². The second kappa shape index (κ2) is 6.28. The molecular weight excluding hydrogens is 323 g/mol. The molecule has 0 aliphatic carbocycles. The van der Waals surface area contributed by atoms with E-state index in [2.05, 4.69) is 15.7 Å². The summed E-state index contributed by atoms with van der Waals surface area (Å²) in [5.41, 5.74) is 2.99. The zero-order valence-electron chi connectivity index (χ0n) is 9.95. The van der Waals surface area contributed by atoms with Crippen LogP contribution in [-0.2, 0) is 0 Å². The van der Waals surface area contributed by atoms with Crippen molar-refractivity contribution in [3.8, 4) is 0 Å². The average Bonchev–Trinajstić information content (AvgIpc) is 2.43. The van der Waals surface area contributed by atoms with E-state index in [4.69, 9.17) is 40.6 Å². The smallest absolute Gasteiger partial charge is 0.257 e. The fourth-order valence-electron chi connectivity index (χ4n) is 1.46. The van der Waals surface area contributed by atoms with Gasteiger partial charge < -0.3 is 10.7 Å². The Hall–Kier alpha value is -1.53. The first-order valence-corrected chi connectivity index (χ1v) is 6.54. The van der Waals surface area contributed by atoms with Crippen LogP contribution >= 0.6 is 34.8 Å². The van der Waals surface area contributed by atoms with Crippen molar-refractivity contribution in [1.82, 2.24) is 4.98 Å². The van der Waals surface area contributed by atoms with Crippen molar-refractivity contribution in [2.24, 2.45) is 5.84 Å². The molecule has 0 unspecified atom stereocenters. The van der Waals surface area contributed by atoms with Gasteiger partial charge in [0.05, 0.1) is 26.3 Å². The number of nitrogen functional groups attached to an aromatic ring is 1. The fourth-order valence-corrected chi connectivity index (χ4v) is 2.03. The maximum absolute atomic E-state index is 12.1. The Kier molecular flexibility index (Phi) is 4.67. The van der Waals surface area contributed by atoms with E-state index < -0.39 is 5.91 Å². The number of hydrazine groups is 1. The highest BCUT2D eigenvalue weighted by atomic mass is 35.5. The zero-order valence-corrected chi connectivity index (χ0v) is 12.2. The van der Waals surface area contributed by atoms with Crippen molar-refractivity contribution >= 4 is 52.2 Å². The number of halogens is 3. The highest BCUT2D eigenvalue weighted by Crippen LogP contribution is 2.30. The normalized spacial score (nSPS) is 10.2. The summed E-state index contributed by atoms with van der Waals surface area (Å²) >= 11 is 17.8. The molecule has 1 heterocycles. The van der Waals surface area contributed by atoms with Crippen molar-refractivity contribution in [1.29, 1.82) is 0 Å². The van der Waals surface area contributed by atoms with Gasteiger partial charge in [-0.25, -0.2) is 10.8 Å². The van der Waals surface area contributed by atoms with Crippen LogP contribution in [0.4, 0.5) is 11.5 Å². The second-order valence-corrected chi connectivity index (χ2v) is 4.95. The van der Waals surface area contributed by atoms with Crippen LogP contribution in [0.1, 0.15) is 10.4 Å². The van der Waals surface area contributed by atoms with Crippen molar-refractivity contribution in [3.05, 3.63) is 51.1 Å². The Morgan fingerprint density at radius 1 is 1.20 bits per heavy atom. The van der Waals surface area contributed by atoms with Crippen LogP contribution < -0.4 is 16.6 Å². The van der Waals surface area contributed by atoms with Gasteiger partial charge in [0.25, 0.3) is 5.91 Å². The summed E-state index contributed by atoms with van der Waals surface area (Å²) in [5.74, 6) is 5.08. The van der Waals surface area contributed by atoms with Crippen molar-refractivity contribution < 1.29 is 4.79 Å². The van der Waals surface area contributed by atoms with Gasteiger partial charge in [0.1, 0.15) is 0 Å². The van der Waals surface area contributed by atoms with Crippen LogP contribution in [0.5, 0.6) is 0 Å². The second-order valence-electron chi connectivity index (χ2n) is 3.75. The predicted octanol–water partition coefficient (Wildman–Crippen LogP) is 3.58. The molecule has 0 atom stereocenters. The monoisotopic (exact) mass is 330 g/mol. The number of benzene rings is 1. The van der Waals surface area contributed by atoms with E-state index in [-0.39, 0.29) is 21.4 Å². The quantitative estimate of drug-likeness (QED) is 0.593. The van der Waals surface area contributed by atoms with Gasteiger partial charge in [-0.3, -0.25) is 4.79 Å². The topological polar surface area (TPSA) is 80.0 Å². The fraction of sp³-hybridized carbons (Fsp3) is 0. The number of amides is 1. The summed E-state index contributed by atoms with van der Waals surface area (Å²) in [6, 6.07) is 6.38. The minimum atomic E-state index is -0.410. The van der Waals surface area contributed by atoms with Crippen molar-refractivity contribution in [2.45, 2.75) is 0 Å². The maximum Gasteiger partial charge on any atom is 0.257 e. The lowest BCUT2D eigenvalue weighted by atomic mass is 10.2. The Balaban J connectivity index is 2.24. The summed E-state index contributed by atoms with van der Waals surface area (Å²) in [6.45, 7) is 0. The number of carbonyl (C=O) groups excluding carboxylic acids is 1. The van der Waals surface area contributed by atoms with Gasteiger partial charge in [-0.15, -0.1) is 0 Å². The van der Waals surface area contributed by atoms with Gasteiger partial charge in [-0.1, -0.05) is 40.9 Å². The van der Waals surface area contributed by atoms with Crippen LogP contribution in [0.25, 0.3) is 0 Å². The van der Waals surface area contributed by atoms with E-state index in [1.165, 1.54) is 12.3 Å². The first-order chi connectivity index (χ1) is 9.52. The molecule has 2 rings (SSSR count). The molecule has 0 radical (unpaired) electrons. The Labute approximate surface area is 130 Å². The molecule has 0 spiro atoms. The number of rotatable bonds is 3. The van der Waals surface area contributed by atoms with Crippen molar-refractivity contribution in [3.63, 3.8) is 0 Å². The molecule has 0 bridgehead atoms. The molecule has 1 amide bonds. The number of pyridine rings is 1. The third-order valence-corrected chi connectivity index (χ3v) is 3.55. The minimum absolute atomic E-state index is 0.234. The van der Waals surface area contributed by atoms with E-state index >= 15 is 0 Å². The largest absolute Gasteiger partial charge is 0.321 e. The number of nitrogens with zero attached hydrogens (tertiary/aromatic N) is 1. The van der Waals surface area contributed by atoms with E-state index in [0.717, 1.165) is 0 Å². The van der Waals surface area contributed by atoms with E-state index in [0.29, 0.717) is 10.7 Å². The van der Waals surface area contributed by atoms with Crippen LogP contribution in [0.3, 0.4) is 0 Å². The van der Waals surface area contributed by atoms with Crippen LogP contribution in [-0.4, -0.2) is 10.9 Å². The number of nitrogens with one attached hydrogen (secondary N) is 2. The number of carbonyl (C=O) groups is 1. The number of hydrogen-bond donors (Lipinski definition) is 3. The highest BCUT2D eigenvalue weighted by molar-refractivity contribution is 6.44. The van der Waals surface area contributed by atoms with Gasteiger partial charge in [0.2, 0.25) is 0 Å². The molecule has 2 aromatic rings. The first kappa shape index (κ1) is 14.9. The Morgan fingerprint density at radius 3 is 2.60 bits per heavy atom. The van der Waals surface area contributed by atoms with Gasteiger partial charge in [0.15, 0.2) is 5.82 Å². The van der Waals surface area contributed by atoms with E-state index in [9.17, 15) is 4.79 Å². The first-order valence-electron chi connectivity index (χ1n) is 5.40. The van der Waals surface area contributed by atoms with Crippen LogP contribution in [0.15, 0.2) is 30.5 Å². The number of hydrogen-bond acceptors (Lipinski definition) is 4. The van der Waals surface area contributed by atoms with Crippen LogP contribution in [0, 0.1) is 0 Å². The highest BCUT2D eigenvalue weighted by Gasteiger charge is 2.12. The maximum atomic E-state index is 12.1. The molecular formula is C12H9Cl3N4O. The van der Waals surface area contributed by atoms with Gasteiger partial charge in [-0.05, 0) is 18.2 Å². The standard InChI is InChI=1S/C12H9Cl3N4O/c13-7-2-1-3-9(10(7)15)18-12(20)6-4-8(14)11(19-16)17-5-6/h1-5H,16H2,(H,17,19)(H,18,20). The predicted molar refractivity (Wildman–Crippen MR) is 81.5 cm³/mol. The molecule has 0 aliphatic heterocycles. The summed E-state index contributed by atoms with van der Waals surface area (Å²) < 4.78 is 0. The molecule has 0 fully saturated rings. The van der Waals surface area contributed by atoms with Gasteiger partial charge in [0, 0.05) is 6.20 Å². The summed E-state index contributed by atoms with van der Waals surface area (Å²) in [7, 11) is 0. The summed E-state index contributed by atoms with van der Waals surface area (Å²) in [6.07, 6.45) is 1.34. The Morgan fingerprint density at radius 2 is 1.95 bits per heavy atom. The SMILES string of the molecule is NNc1ncc(C(=O)Nc2cccc(Cl)c2Cl)cc1Cl. The molecule has 4 N–H and O–H groups in total. The Bertz CT molecular complexity index is 663. The number of nitrogens with two attached hydrogens (primary N) is 1. The average molecular weight is 332 g/mol. The number of aromatic nitrogens is 1. The molecule has 0 aliphatic rings. The third-order valence-electron chi connectivity index (χ3n) is 2.44. The molecule has 8 heteroatoms. The molecule has 104 valence electrons. The molecule has 0 saturated heterocycles. The zero-order chi connectivity index (χ0) is 14.7. The molecule has 5 nitrogen and oxygen atoms in total. The summed E-state index contributed by atoms with van der Waals surface area (Å²) in [4.78, 5) is 16.0. The third kappa shape index (κ3) is 3.13. The molecule has 1 aromatic carbocycles. The molecule has 0 saturated carbocycles. The van der Waals surface area contributed by atoms with Gasteiger partial charge in [-0.2, -0.15) is 0 Å². The lowest BCUT2D eigenvalue weighted by Gasteiger charge is -2.09. The lowest BCUT2D eigenvalue weighted by molar-refractivity contribution is 0.102. The molecule has 20 heavy (non-hydrogen) atoms. The molecule has 1 aromatic heterocycles. The van der Waals surface area contributed by atoms with E-state index in [1.807, 2.05) is 0 Å². The van der Waals surface area contributed by atoms with Crippen LogP contribution in [0.2, 0.25) is 15.1 Å². The lowest BCUT2D eigenvalue weighted by Crippen LogP contribution is -2.14. The minimum Gasteiger partial charge on any atom is -0.321 e. The summed E-state index contributed by atoms with van der Waals surface area (Å²) in [5, 5.41) is 3.48. The van der Waals surface area contributed by atoms with Crippen molar-refractivity contribution in [2.75, 3.05) is 10.7 Å². The van der Waals surface area contributed by atoms with E-state index in [1.54, 1.807) is 18.2 Å². The number of anilines is 2.